The molecule has 1 heterocycles. The number of hydrogen-bond donors (Lipinski definition) is 1. The predicted molar refractivity (Wildman–Crippen MR) is 106 cm³/mol. The molecule has 2 unspecified atom stereocenters. The number of carbonyl (C=O) groups excluding carboxylic acids is 2. The summed E-state index contributed by atoms with van der Waals surface area (Å²) < 4.78 is 16.1. The first kappa shape index (κ1) is 22.0. The molecule has 2 amide bonds. The number of amides is 2. The van der Waals surface area contributed by atoms with Crippen molar-refractivity contribution in [3.63, 3.8) is 0 Å². The quantitative estimate of drug-likeness (QED) is 0.619. The Labute approximate surface area is 167 Å². The van der Waals surface area contributed by atoms with Gasteiger partial charge in [-0.25, -0.2) is 0 Å². The molecule has 7 heteroatoms. The molecule has 0 bridgehead atoms. The van der Waals surface area contributed by atoms with E-state index in [0.717, 1.165) is 12.0 Å². The maximum Gasteiger partial charge on any atom is 0.243 e. The van der Waals surface area contributed by atoms with Crippen molar-refractivity contribution in [3.05, 3.63) is 23.8 Å². The highest BCUT2D eigenvalue weighted by molar-refractivity contribution is 5.89. The molecule has 7 nitrogen and oxygen atoms in total. The Bertz CT molecular complexity index is 677. The number of rotatable bonds is 10. The fraction of sp³-hybridized carbons (Fsp3) is 0.619. The van der Waals surface area contributed by atoms with Gasteiger partial charge < -0.3 is 24.4 Å². The molecule has 1 aromatic carbocycles. The van der Waals surface area contributed by atoms with Crippen LogP contribution in [0.2, 0.25) is 0 Å². The molecule has 1 N–H and O–H groups in total. The average Bonchev–Trinajstić information content (AvgIpc) is 3.07. The molecule has 1 fully saturated rings. The Kier molecular flexibility index (Phi) is 8.11. The summed E-state index contributed by atoms with van der Waals surface area (Å²) in [6.45, 7) is 7.42. The summed E-state index contributed by atoms with van der Waals surface area (Å²) in [5.41, 5.74) is 0.902. The third kappa shape index (κ3) is 5.38. The summed E-state index contributed by atoms with van der Waals surface area (Å²) in [5.74, 6) is 1.20. The fourth-order valence-electron chi connectivity index (χ4n) is 3.46. The maximum atomic E-state index is 12.9. The van der Waals surface area contributed by atoms with Gasteiger partial charge in [-0.2, -0.15) is 0 Å². The predicted octanol–water partition coefficient (Wildman–Crippen LogP) is 2.54. The minimum atomic E-state index is -0.448. The molecule has 2 rings (SSSR count). The molecule has 1 aromatic rings. The number of likely N-dealkylation sites (tertiary alicyclic amines) is 1. The highest BCUT2D eigenvalue weighted by Gasteiger charge is 2.35. The fourth-order valence-corrected chi connectivity index (χ4v) is 3.46. The lowest BCUT2D eigenvalue weighted by atomic mass is 10.0. The molecule has 156 valence electrons. The summed E-state index contributed by atoms with van der Waals surface area (Å²) in [7, 11) is 3.20. The van der Waals surface area contributed by atoms with Gasteiger partial charge in [0.2, 0.25) is 11.8 Å². The van der Waals surface area contributed by atoms with E-state index in [0.29, 0.717) is 37.7 Å². The van der Waals surface area contributed by atoms with Crippen LogP contribution >= 0.6 is 0 Å². The summed E-state index contributed by atoms with van der Waals surface area (Å²) in [6, 6.07) is 4.92. The van der Waals surface area contributed by atoms with E-state index in [1.807, 2.05) is 39.0 Å². The van der Waals surface area contributed by atoms with Crippen molar-refractivity contribution in [2.45, 2.75) is 45.7 Å². The van der Waals surface area contributed by atoms with Crippen molar-refractivity contribution in [1.29, 1.82) is 0 Å². The van der Waals surface area contributed by atoms with Crippen LogP contribution in [0.3, 0.4) is 0 Å². The van der Waals surface area contributed by atoms with E-state index in [-0.39, 0.29) is 23.8 Å². The molecule has 0 spiro atoms. The lowest BCUT2D eigenvalue weighted by molar-refractivity contribution is -0.139. The van der Waals surface area contributed by atoms with Gasteiger partial charge in [-0.3, -0.25) is 9.59 Å². The SMILES string of the molecule is COCCOc1ccc(C(C)NC(=O)C(C(C)C)N2CCCC2=O)cc1OC. The Hall–Kier alpha value is -2.28. The molecule has 1 saturated heterocycles. The minimum Gasteiger partial charge on any atom is -0.493 e. The second kappa shape index (κ2) is 10.3. The van der Waals surface area contributed by atoms with E-state index in [9.17, 15) is 9.59 Å². The largest absolute Gasteiger partial charge is 0.493 e. The summed E-state index contributed by atoms with van der Waals surface area (Å²) in [5, 5.41) is 3.05. The summed E-state index contributed by atoms with van der Waals surface area (Å²) in [4.78, 5) is 26.7. The van der Waals surface area contributed by atoms with E-state index in [2.05, 4.69) is 5.32 Å². The number of nitrogens with one attached hydrogen (secondary N) is 1. The zero-order chi connectivity index (χ0) is 20.7. The molecule has 28 heavy (non-hydrogen) atoms. The van der Waals surface area contributed by atoms with Crippen molar-refractivity contribution >= 4 is 11.8 Å². The lowest BCUT2D eigenvalue weighted by Gasteiger charge is -2.31. The Morgan fingerprint density at radius 3 is 2.50 bits per heavy atom. The van der Waals surface area contributed by atoms with Crippen LogP contribution in [0.4, 0.5) is 0 Å². The van der Waals surface area contributed by atoms with Gasteiger partial charge in [0.05, 0.1) is 19.8 Å². The molecule has 0 saturated carbocycles. The number of ether oxygens (including phenoxy) is 3. The number of nitrogens with zero attached hydrogens (tertiary/aromatic N) is 1. The van der Waals surface area contributed by atoms with E-state index in [1.54, 1.807) is 19.1 Å². The summed E-state index contributed by atoms with van der Waals surface area (Å²) >= 11 is 0. The second-order valence-electron chi connectivity index (χ2n) is 7.36. The molecule has 2 atom stereocenters. The minimum absolute atomic E-state index is 0.0420. The average molecular weight is 392 g/mol. The van der Waals surface area contributed by atoms with Crippen LogP contribution in [0.15, 0.2) is 18.2 Å². The van der Waals surface area contributed by atoms with Crippen LogP contribution in [0, 0.1) is 5.92 Å². The van der Waals surface area contributed by atoms with Crippen LogP contribution in [0.25, 0.3) is 0 Å². The van der Waals surface area contributed by atoms with Gasteiger partial charge in [-0.05, 0) is 37.0 Å². The van der Waals surface area contributed by atoms with Gasteiger partial charge in [-0.1, -0.05) is 19.9 Å². The number of hydrogen-bond acceptors (Lipinski definition) is 5. The Morgan fingerprint density at radius 2 is 1.93 bits per heavy atom. The molecular weight excluding hydrogens is 360 g/mol. The van der Waals surface area contributed by atoms with Crippen LogP contribution in [-0.4, -0.2) is 56.7 Å². The van der Waals surface area contributed by atoms with E-state index in [1.165, 1.54) is 0 Å². The monoisotopic (exact) mass is 392 g/mol. The molecule has 0 radical (unpaired) electrons. The van der Waals surface area contributed by atoms with Crippen molar-refractivity contribution in [1.82, 2.24) is 10.2 Å². The molecule has 0 aromatic heterocycles. The van der Waals surface area contributed by atoms with Crippen molar-refractivity contribution in [3.8, 4) is 11.5 Å². The maximum absolute atomic E-state index is 12.9. The van der Waals surface area contributed by atoms with E-state index < -0.39 is 6.04 Å². The third-order valence-corrected chi connectivity index (χ3v) is 4.94. The third-order valence-electron chi connectivity index (χ3n) is 4.94. The smallest absolute Gasteiger partial charge is 0.243 e. The lowest BCUT2D eigenvalue weighted by Crippen LogP contribution is -2.50. The van der Waals surface area contributed by atoms with Gasteiger partial charge >= 0.3 is 0 Å². The first-order valence-electron chi connectivity index (χ1n) is 9.78. The Balaban J connectivity index is 2.08. The summed E-state index contributed by atoms with van der Waals surface area (Å²) in [6.07, 6.45) is 1.33. The number of benzene rings is 1. The van der Waals surface area contributed by atoms with Crippen molar-refractivity contribution < 1.29 is 23.8 Å². The van der Waals surface area contributed by atoms with Crippen LogP contribution in [-0.2, 0) is 14.3 Å². The zero-order valence-corrected chi connectivity index (χ0v) is 17.5. The standard InChI is InChI=1S/C21H32N2O5/c1-14(2)20(23-10-6-7-19(23)24)21(25)22-15(3)16-8-9-17(18(13-16)27-5)28-12-11-26-4/h8-9,13-15,20H,6-7,10-12H2,1-5H3,(H,22,25). The van der Waals surface area contributed by atoms with Crippen LogP contribution in [0.5, 0.6) is 11.5 Å². The molecular formula is C21H32N2O5. The molecule has 1 aliphatic heterocycles. The highest BCUT2D eigenvalue weighted by atomic mass is 16.5. The van der Waals surface area contributed by atoms with Gasteiger partial charge in [0.15, 0.2) is 11.5 Å². The van der Waals surface area contributed by atoms with Crippen molar-refractivity contribution in [2.24, 2.45) is 5.92 Å². The normalized spacial score (nSPS) is 16.2. The molecule has 0 aliphatic carbocycles. The second-order valence-corrected chi connectivity index (χ2v) is 7.36. The first-order chi connectivity index (χ1) is 13.4. The zero-order valence-electron chi connectivity index (χ0n) is 17.5. The highest BCUT2D eigenvalue weighted by Crippen LogP contribution is 2.30. The topological polar surface area (TPSA) is 77.1 Å². The van der Waals surface area contributed by atoms with Gasteiger partial charge in [0.1, 0.15) is 12.6 Å². The van der Waals surface area contributed by atoms with Crippen LogP contribution in [0.1, 0.15) is 45.2 Å². The van der Waals surface area contributed by atoms with Gasteiger partial charge in [-0.15, -0.1) is 0 Å². The van der Waals surface area contributed by atoms with E-state index >= 15 is 0 Å². The van der Waals surface area contributed by atoms with Gasteiger partial charge in [0, 0.05) is 20.1 Å². The molecule has 1 aliphatic rings. The van der Waals surface area contributed by atoms with E-state index in [4.69, 9.17) is 14.2 Å². The Morgan fingerprint density at radius 1 is 1.18 bits per heavy atom. The number of carbonyl (C=O) groups is 2. The first-order valence-corrected chi connectivity index (χ1v) is 9.78. The van der Waals surface area contributed by atoms with Gasteiger partial charge in [0.25, 0.3) is 0 Å². The number of methoxy groups -OCH3 is 2. The van der Waals surface area contributed by atoms with Crippen LogP contribution < -0.4 is 14.8 Å². The van der Waals surface area contributed by atoms with Crippen molar-refractivity contribution in [2.75, 3.05) is 34.0 Å².